The number of nitrogens with zero attached hydrogens (tertiary/aromatic N) is 1. The molecule has 0 aromatic heterocycles. The number of hydrogen-bond acceptors (Lipinski definition) is 6. The van der Waals surface area contributed by atoms with Gasteiger partial charge in [-0.2, -0.15) is 0 Å². The summed E-state index contributed by atoms with van der Waals surface area (Å²) < 4.78 is 10.8. The van der Waals surface area contributed by atoms with Gasteiger partial charge in [0.05, 0.1) is 11.5 Å². The average Bonchev–Trinajstić information content (AvgIpc) is 2.67. The molecule has 0 unspecified atom stereocenters. The van der Waals surface area contributed by atoms with Crippen molar-refractivity contribution in [3.63, 3.8) is 0 Å². The van der Waals surface area contributed by atoms with Crippen molar-refractivity contribution in [1.82, 2.24) is 10.9 Å². The van der Waals surface area contributed by atoms with Crippen LogP contribution in [0.15, 0.2) is 48.5 Å². The molecule has 1 atom stereocenters. The summed E-state index contributed by atoms with van der Waals surface area (Å²) in [5.74, 6) is -0.111. The van der Waals surface area contributed by atoms with Gasteiger partial charge in [-0.3, -0.25) is 30.6 Å². The van der Waals surface area contributed by atoms with Crippen LogP contribution in [0.25, 0.3) is 0 Å². The van der Waals surface area contributed by atoms with Crippen LogP contribution in [-0.4, -0.2) is 29.4 Å². The number of rotatable bonds is 7. The van der Waals surface area contributed by atoms with Crippen molar-refractivity contribution in [3.8, 4) is 11.5 Å². The molecule has 0 fully saturated rings. The van der Waals surface area contributed by atoms with Crippen molar-refractivity contribution in [3.05, 3.63) is 64.2 Å². The standard InChI is InChI=1S/C18H19N3O6/c1-3-26-15-7-9-16(10-8-15)27-12(2)17(22)19-20-18(23)13-5-4-6-14(11-13)21(24)25/h4-12H,3H2,1-2H3,(H,19,22)(H,20,23)/t12-/m0/s1. The number of carbonyl (C=O) groups excluding carboxylic acids is 2. The summed E-state index contributed by atoms with van der Waals surface area (Å²) in [5, 5.41) is 10.7. The number of ether oxygens (including phenoxy) is 2. The van der Waals surface area contributed by atoms with E-state index in [0.29, 0.717) is 18.1 Å². The Balaban J connectivity index is 1.87. The van der Waals surface area contributed by atoms with Crippen LogP contribution in [0.5, 0.6) is 11.5 Å². The first-order valence-corrected chi connectivity index (χ1v) is 8.15. The van der Waals surface area contributed by atoms with Crippen LogP contribution in [-0.2, 0) is 4.79 Å². The zero-order valence-corrected chi connectivity index (χ0v) is 14.8. The molecule has 0 aliphatic heterocycles. The van der Waals surface area contributed by atoms with Crippen molar-refractivity contribution in [1.29, 1.82) is 0 Å². The van der Waals surface area contributed by atoms with Gasteiger partial charge >= 0.3 is 0 Å². The van der Waals surface area contributed by atoms with Gasteiger partial charge in [0.15, 0.2) is 6.10 Å². The SMILES string of the molecule is CCOc1ccc(O[C@@H](C)C(=O)NNC(=O)c2cccc([N+](=O)[O-])c2)cc1. The van der Waals surface area contributed by atoms with Crippen molar-refractivity contribution in [2.24, 2.45) is 0 Å². The molecule has 9 heteroatoms. The second-order valence-electron chi connectivity index (χ2n) is 5.42. The molecule has 0 saturated heterocycles. The topological polar surface area (TPSA) is 120 Å². The molecule has 2 N–H and O–H groups in total. The lowest BCUT2D eigenvalue weighted by molar-refractivity contribution is -0.384. The highest BCUT2D eigenvalue weighted by Gasteiger charge is 2.17. The Bertz CT molecular complexity index is 822. The van der Waals surface area contributed by atoms with Gasteiger partial charge in [-0.1, -0.05) is 6.07 Å². The minimum Gasteiger partial charge on any atom is -0.494 e. The molecule has 2 rings (SSSR count). The number of amides is 2. The highest BCUT2D eigenvalue weighted by Crippen LogP contribution is 2.18. The van der Waals surface area contributed by atoms with Crippen LogP contribution in [0.4, 0.5) is 5.69 Å². The first-order chi connectivity index (χ1) is 12.9. The maximum absolute atomic E-state index is 12.0. The first kappa shape index (κ1) is 19.7. The Morgan fingerprint density at radius 2 is 1.78 bits per heavy atom. The third-order valence-corrected chi connectivity index (χ3v) is 3.44. The van der Waals surface area contributed by atoms with E-state index in [2.05, 4.69) is 10.9 Å². The number of nitro groups is 1. The number of benzene rings is 2. The number of carbonyl (C=O) groups is 2. The molecule has 0 saturated carbocycles. The Morgan fingerprint density at radius 1 is 1.11 bits per heavy atom. The van der Waals surface area contributed by atoms with Gasteiger partial charge in [-0.05, 0) is 44.2 Å². The summed E-state index contributed by atoms with van der Waals surface area (Å²) in [6.45, 7) is 3.94. The van der Waals surface area contributed by atoms with E-state index >= 15 is 0 Å². The highest BCUT2D eigenvalue weighted by molar-refractivity contribution is 5.96. The Labute approximate surface area is 155 Å². The van der Waals surface area contributed by atoms with E-state index in [9.17, 15) is 19.7 Å². The average molecular weight is 373 g/mol. The van der Waals surface area contributed by atoms with Crippen LogP contribution in [0.3, 0.4) is 0 Å². The third kappa shape index (κ3) is 5.70. The van der Waals surface area contributed by atoms with Gasteiger partial charge in [0.1, 0.15) is 11.5 Å². The summed E-state index contributed by atoms with van der Waals surface area (Å²) in [5.41, 5.74) is 4.24. The Hall–Kier alpha value is -3.62. The second-order valence-corrected chi connectivity index (χ2v) is 5.42. The van der Waals surface area contributed by atoms with Gasteiger partial charge in [-0.15, -0.1) is 0 Å². The van der Waals surface area contributed by atoms with Gasteiger partial charge in [0, 0.05) is 17.7 Å². The molecule has 0 heterocycles. The second kappa shape index (κ2) is 9.18. The van der Waals surface area contributed by atoms with E-state index in [1.807, 2.05) is 6.92 Å². The molecule has 0 radical (unpaired) electrons. The highest BCUT2D eigenvalue weighted by atomic mass is 16.6. The summed E-state index contributed by atoms with van der Waals surface area (Å²) in [6.07, 6.45) is -0.881. The zero-order chi connectivity index (χ0) is 19.8. The maximum atomic E-state index is 12.0. The van der Waals surface area contributed by atoms with Crippen LogP contribution in [0.1, 0.15) is 24.2 Å². The molecule has 9 nitrogen and oxygen atoms in total. The molecule has 2 aromatic rings. The molecule has 0 bridgehead atoms. The molecule has 0 aliphatic rings. The van der Waals surface area contributed by atoms with Gasteiger partial charge < -0.3 is 9.47 Å². The summed E-state index contributed by atoms with van der Waals surface area (Å²) >= 11 is 0. The van der Waals surface area contributed by atoms with E-state index in [1.54, 1.807) is 24.3 Å². The van der Waals surface area contributed by atoms with Gasteiger partial charge in [0.2, 0.25) is 0 Å². The summed E-state index contributed by atoms with van der Waals surface area (Å²) in [7, 11) is 0. The van der Waals surface area contributed by atoms with Crippen molar-refractivity contribution in [2.75, 3.05) is 6.61 Å². The fourth-order valence-electron chi connectivity index (χ4n) is 2.09. The van der Waals surface area contributed by atoms with E-state index < -0.39 is 22.8 Å². The van der Waals surface area contributed by atoms with E-state index in [-0.39, 0.29) is 11.3 Å². The van der Waals surface area contributed by atoms with Crippen LogP contribution < -0.4 is 20.3 Å². The number of nitrogens with one attached hydrogen (secondary N) is 2. The molecule has 27 heavy (non-hydrogen) atoms. The molecule has 2 amide bonds. The van der Waals surface area contributed by atoms with Gasteiger partial charge in [-0.25, -0.2) is 0 Å². The molecule has 142 valence electrons. The molecular weight excluding hydrogens is 354 g/mol. The lowest BCUT2D eigenvalue weighted by Crippen LogP contribution is -2.47. The van der Waals surface area contributed by atoms with Crippen molar-refractivity contribution >= 4 is 17.5 Å². The van der Waals surface area contributed by atoms with Crippen LogP contribution in [0, 0.1) is 10.1 Å². The molecule has 0 aliphatic carbocycles. The predicted octanol–water partition coefficient (Wildman–Crippen LogP) is 2.22. The monoisotopic (exact) mass is 373 g/mol. The largest absolute Gasteiger partial charge is 0.494 e. The molecule has 0 spiro atoms. The zero-order valence-electron chi connectivity index (χ0n) is 14.8. The normalized spacial score (nSPS) is 11.2. The summed E-state index contributed by atoms with van der Waals surface area (Å²) in [6, 6.07) is 11.9. The van der Waals surface area contributed by atoms with Crippen LogP contribution >= 0.6 is 0 Å². The van der Waals surface area contributed by atoms with Crippen LogP contribution in [0.2, 0.25) is 0 Å². The van der Waals surface area contributed by atoms with Gasteiger partial charge in [0.25, 0.3) is 17.5 Å². The Kier molecular flexibility index (Phi) is 6.70. The third-order valence-electron chi connectivity index (χ3n) is 3.44. The molecular formula is C18H19N3O6. The lowest BCUT2D eigenvalue weighted by Gasteiger charge is -2.15. The number of nitro benzene ring substituents is 1. The van der Waals surface area contributed by atoms with Crippen molar-refractivity contribution in [2.45, 2.75) is 20.0 Å². The predicted molar refractivity (Wildman–Crippen MR) is 96.4 cm³/mol. The lowest BCUT2D eigenvalue weighted by atomic mass is 10.2. The van der Waals surface area contributed by atoms with E-state index in [0.717, 1.165) is 6.07 Å². The molecule has 2 aromatic carbocycles. The number of hydrazine groups is 1. The summed E-state index contributed by atoms with van der Waals surface area (Å²) in [4.78, 5) is 34.2. The van der Waals surface area contributed by atoms with E-state index in [1.165, 1.54) is 25.1 Å². The number of non-ortho nitro benzene ring substituents is 1. The quantitative estimate of drug-likeness (QED) is 0.567. The smallest absolute Gasteiger partial charge is 0.279 e. The number of hydrogen-bond donors (Lipinski definition) is 2. The van der Waals surface area contributed by atoms with E-state index in [4.69, 9.17) is 9.47 Å². The fourth-order valence-corrected chi connectivity index (χ4v) is 2.09. The van der Waals surface area contributed by atoms with Crippen molar-refractivity contribution < 1.29 is 24.0 Å². The Morgan fingerprint density at radius 3 is 2.41 bits per heavy atom. The fraction of sp³-hybridized carbons (Fsp3) is 0.222. The minimum atomic E-state index is -0.881. The maximum Gasteiger partial charge on any atom is 0.279 e. The first-order valence-electron chi connectivity index (χ1n) is 8.15. The minimum absolute atomic E-state index is 0.0459.